The van der Waals surface area contributed by atoms with Crippen LogP contribution >= 0.6 is 0 Å². The molecule has 112 valence electrons. The summed E-state index contributed by atoms with van der Waals surface area (Å²) < 4.78 is 5.74. The van der Waals surface area contributed by atoms with Crippen molar-refractivity contribution in [1.82, 2.24) is 0 Å². The van der Waals surface area contributed by atoms with Crippen LogP contribution in [0.4, 0.5) is 11.4 Å². The third-order valence-electron chi connectivity index (χ3n) is 3.96. The lowest BCUT2D eigenvalue weighted by Gasteiger charge is -2.33. The standard InChI is InChI=1S/C13H16N4O4/c14-13(15-18)8-1-4-11(12(5-8)17(19)20)16-6-9-2-3-10(7-16)21-9/h1,4-5,9-10,18H,2-3,6-7H2,(H2,14,15). The Morgan fingerprint density at radius 2 is 2.10 bits per heavy atom. The van der Waals surface area contributed by atoms with Crippen molar-refractivity contribution >= 4 is 17.2 Å². The molecule has 8 heteroatoms. The molecule has 2 aliphatic rings. The van der Waals surface area contributed by atoms with E-state index in [1.54, 1.807) is 12.1 Å². The predicted molar refractivity (Wildman–Crippen MR) is 75.7 cm³/mol. The lowest BCUT2D eigenvalue weighted by atomic mass is 10.1. The summed E-state index contributed by atoms with van der Waals surface area (Å²) in [5, 5.41) is 22.9. The second kappa shape index (κ2) is 5.21. The Morgan fingerprint density at radius 1 is 1.43 bits per heavy atom. The van der Waals surface area contributed by atoms with Crippen LogP contribution in [0.5, 0.6) is 0 Å². The van der Waals surface area contributed by atoms with Crippen molar-refractivity contribution in [1.29, 1.82) is 0 Å². The van der Waals surface area contributed by atoms with Gasteiger partial charge in [0, 0.05) is 24.7 Å². The van der Waals surface area contributed by atoms with E-state index in [4.69, 9.17) is 15.7 Å². The second-order valence-corrected chi connectivity index (χ2v) is 5.31. The summed E-state index contributed by atoms with van der Waals surface area (Å²) >= 11 is 0. The molecule has 2 bridgehead atoms. The molecule has 0 spiro atoms. The molecule has 0 aliphatic carbocycles. The van der Waals surface area contributed by atoms with Gasteiger partial charge in [-0.05, 0) is 25.0 Å². The first-order chi connectivity index (χ1) is 10.1. The van der Waals surface area contributed by atoms with Crippen molar-refractivity contribution in [3.8, 4) is 0 Å². The number of hydrogen-bond acceptors (Lipinski definition) is 6. The molecule has 0 amide bonds. The Balaban J connectivity index is 1.96. The Bertz CT molecular complexity index is 592. The van der Waals surface area contributed by atoms with Gasteiger partial charge in [-0.1, -0.05) is 5.16 Å². The van der Waals surface area contributed by atoms with Crippen LogP contribution in [0.25, 0.3) is 0 Å². The van der Waals surface area contributed by atoms with Gasteiger partial charge in [0.15, 0.2) is 5.84 Å². The lowest BCUT2D eigenvalue weighted by Crippen LogP contribution is -2.42. The number of oxime groups is 1. The molecule has 2 heterocycles. The summed E-state index contributed by atoms with van der Waals surface area (Å²) in [5.41, 5.74) is 6.32. The van der Waals surface area contributed by atoms with Gasteiger partial charge in [-0.3, -0.25) is 10.1 Å². The summed E-state index contributed by atoms with van der Waals surface area (Å²) in [6.45, 7) is 1.31. The number of anilines is 1. The Morgan fingerprint density at radius 3 is 2.67 bits per heavy atom. The third kappa shape index (κ3) is 2.49. The lowest BCUT2D eigenvalue weighted by molar-refractivity contribution is -0.384. The zero-order valence-corrected chi connectivity index (χ0v) is 11.3. The molecule has 21 heavy (non-hydrogen) atoms. The van der Waals surface area contributed by atoms with Crippen molar-refractivity contribution in [2.45, 2.75) is 25.0 Å². The SMILES string of the molecule is NC(=NO)c1ccc(N2CC3CCC(C2)O3)c([N+](=O)[O-])c1. The molecule has 2 unspecified atom stereocenters. The molecule has 0 radical (unpaired) electrons. The second-order valence-electron chi connectivity index (χ2n) is 5.31. The molecule has 3 rings (SSSR count). The highest BCUT2D eigenvalue weighted by Crippen LogP contribution is 2.35. The topological polar surface area (TPSA) is 114 Å². The van der Waals surface area contributed by atoms with Crippen LogP contribution in [0.2, 0.25) is 0 Å². The zero-order chi connectivity index (χ0) is 15.0. The molecular weight excluding hydrogens is 276 g/mol. The Labute approximate surface area is 120 Å². The predicted octanol–water partition coefficient (Wildman–Crippen LogP) is 1.06. The van der Waals surface area contributed by atoms with Gasteiger partial charge in [0.05, 0.1) is 17.1 Å². The number of ether oxygens (including phenoxy) is 1. The Hall–Kier alpha value is -2.35. The van der Waals surface area contributed by atoms with Crippen molar-refractivity contribution in [2.75, 3.05) is 18.0 Å². The summed E-state index contributed by atoms with van der Waals surface area (Å²) in [6, 6.07) is 4.60. The van der Waals surface area contributed by atoms with Crippen LogP contribution in [-0.4, -0.2) is 41.3 Å². The maximum atomic E-state index is 11.3. The average molecular weight is 292 g/mol. The molecule has 2 fully saturated rings. The van der Waals surface area contributed by atoms with Gasteiger partial charge < -0.3 is 20.6 Å². The van der Waals surface area contributed by atoms with Gasteiger partial charge in [0.1, 0.15) is 5.69 Å². The Kier molecular flexibility index (Phi) is 3.38. The average Bonchev–Trinajstić information content (AvgIpc) is 2.84. The fourth-order valence-electron chi connectivity index (χ4n) is 2.97. The van der Waals surface area contributed by atoms with E-state index in [1.165, 1.54) is 6.07 Å². The van der Waals surface area contributed by atoms with Gasteiger partial charge >= 0.3 is 0 Å². The van der Waals surface area contributed by atoms with E-state index in [0.717, 1.165) is 12.8 Å². The smallest absolute Gasteiger partial charge is 0.293 e. The normalized spacial score (nSPS) is 25.1. The molecule has 2 atom stereocenters. The number of benzene rings is 1. The number of nitrogens with two attached hydrogens (primary N) is 1. The fraction of sp³-hybridized carbons (Fsp3) is 0.462. The van der Waals surface area contributed by atoms with Crippen molar-refractivity contribution in [3.63, 3.8) is 0 Å². The van der Waals surface area contributed by atoms with Crippen LogP contribution in [0.15, 0.2) is 23.4 Å². The van der Waals surface area contributed by atoms with Crippen LogP contribution in [0.3, 0.4) is 0 Å². The summed E-state index contributed by atoms with van der Waals surface area (Å²) in [5.74, 6) is -0.147. The molecule has 1 aromatic rings. The first-order valence-corrected chi connectivity index (χ1v) is 6.75. The molecule has 2 saturated heterocycles. The van der Waals surface area contributed by atoms with Gasteiger partial charge in [0.25, 0.3) is 5.69 Å². The zero-order valence-electron chi connectivity index (χ0n) is 11.3. The highest BCUT2D eigenvalue weighted by atomic mass is 16.6. The third-order valence-corrected chi connectivity index (χ3v) is 3.96. The number of fused-ring (bicyclic) bond motifs is 2. The van der Waals surface area contributed by atoms with Crippen molar-refractivity contribution in [3.05, 3.63) is 33.9 Å². The van der Waals surface area contributed by atoms with Gasteiger partial charge in [-0.2, -0.15) is 0 Å². The minimum absolute atomic E-state index is 0.0413. The van der Waals surface area contributed by atoms with Gasteiger partial charge in [-0.15, -0.1) is 0 Å². The van der Waals surface area contributed by atoms with E-state index >= 15 is 0 Å². The largest absolute Gasteiger partial charge is 0.409 e. The molecule has 2 aliphatic heterocycles. The van der Waals surface area contributed by atoms with E-state index in [9.17, 15) is 10.1 Å². The minimum atomic E-state index is -0.444. The monoisotopic (exact) mass is 292 g/mol. The van der Waals surface area contributed by atoms with Crippen LogP contribution in [-0.2, 0) is 4.74 Å². The van der Waals surface area contributed by atoms with Crippen LogP contribution in [0.1, 0.15) is 18.4 Å². The van der Waals surface area contributed by atoms with Crippen molar-refractivity contribution < 1.29 is 14.9 Å². The van der Waals surface area contributed by atoms with E-state index in [0.29, 0.717) is 24.3 Å². The van der Waals surface area contributed by atoms with Gasteiger partial charge in [-0.25, -0.2) is 0 Å². The summed E-state index contributed by atoms with van der Waals surface area (Å²) in [4.78, 5) is 12.9. The quantitative estimate of drug-likeness (QED) is 0.283. The van der Waals surface area contributed by atoms with Crippen molar-refractivity contribution in [2.24, 2.45) is 10.9 Å². The molecule has 0 aromatic heterocycles. The van der Waals surface area contributed by atoms with E-state index < -0.39 is 4.92 Å². The van der Waals surface area contributed by atoms with Gasteiger partial charge in [0.2, 0.25) is 0 Å². The van der Waals surface area contributed by atoms with E-state index in [1.807, 2.05) is 4.90 Å². The molecule has 1 aromatic carbocycles. The van der Waals surface area contributed by atoms with E-state index in [2.05, 4.69) is 5.16 Å². The number of hydrogen-bond donors (Lipinski definition) is 2. The van der Waals surface area contributed by atoms with Crippen LogP contribution in [0, 0.1) is 10.1 Å². The first-order valence-electron chi connectivity index (χ1n) is 6.75. The highest BCUT2D eigenvalue weighted by molar-refractivity contribution is 5.98. The molecule has 0 saturated carbocycles. The maximum Gasteiger partial charge on any atom is 0.293 e. The number of rotatable bonds is 3. The van der Waals surface area contributed by atoms with E-state index in [-0.39, 0.29) is 23.7 Å². The number of amidine groups is 1. The maximum absolute atomic E-state index is 11.3. The first kappa shape index (κ1) is 13.6. The number of nitrogens with zero attached hydrogens (tertiary/aromatic N) is 3. The minimum Gasteiger partial charge on any atom is -0.409 e. The number of morpholine rings is 1. The van der Waals surface area contributed by atoms with Crippen LogP contribution < -0.4 is 10.6 Å². The molecule has 8 nitrogen and oxygen atoms in total. The number of nitro benzene ring substituents is 1. The molecular formula is C13H16N4O4. The number of nitro groups is 1. The summed E-state index contributed by atoms with van der Waals surface area (Å²) in [7, 11) is 0. The molecule has 3 N–H and O–H groups in total. The highest BCUT2D eigenvalue weighted by Gasteiger charge is 2.35. The fourth-order valence-corrected chi connectivity index (χ4v) is 2.97. The summed E-state index contributed by atoms with van der Waals surface area (Å²) in [6.07, 6.45) is 2.29.